The van der Waals surface area contributed by atoms with E-state index in [0.717, 1.165) is 19.3 Å². The second kappa shape index (κ2) is 9.09. The molecule has 1 aliphatic rings. The van der Waals surface area contributed by atoms with Gasteiger partial charge >= 0.3 is 0 Å². The average Bonchev–Trinajstić information content (AvgIpc) is 2.81. The molecule has 94 valence electrons. The van der Waals surface area contributed by atoms with E-state index in [-0.39, 0.29) is 0 Å². The molecule has 0 radical (unpaired) electrons. The summed E-state index contributed by atoms with van der Waals surface area (Å²) in [5, 5.41) is 0.361. The standard InChI is InChI=1S/C14H26OS/c1-2-3-4-5-6-7-8-10-13(15)14-11-9-12-16-14/h14H,2-12H2,1H3. The fraction of sp³-hybridized carbons (Fsp3) is 0.929. The van der Waals surface area contributed by atoms with Crippen molar-refractivity contribution in [2.75, 3.05) is 5.75 Å². The zero-order valence-electron chi connectivity index (χ0n) is 10.7. The topological polar surface area (TPSA) is 17.1 Å². The molecule has 0 aromatic heterocycles. The molecule has 1 heterocycles. The third-order valence-corrected chi connectivity index (χ3v) is 4.74. The summed E-state index contributed by atoms with van der Waals surface area (Å²) in [6, 6.07) is 0. The van der Waals surface area contributed by atoms with Gasteiger partial charge in [0.25, 0.3) is 0 Å². The Hall–Kier alpha value is 0.0200. The molecule has 1 atom stereocenters. The quantitative estimate of drug-likeness (QED) is 0.550. The molecule has 2 heteroatoms. The summed E-state index contributed by atoms with van der Waals surface area (Å²) in [5.41, 5.74) is 0. The lowest BCUT2D eigenvalue weighted by Gasteiger charge is -2.06. The molecule has 1 aliphatic heterocycles. The van der Waals surface area contributed by atoms with E-state index in [1.54, 1.807) is 0 Å². The summed E-state index contributed by atoms with van der Waals surface area (Å²) in [5.74, 6) is 1.73. The van der Waals surface area contributed by atoms with Gasteiger partial charge in [0.2, 0.25) is 0 Å². The lowest BCUT2D eigenvalue weighted by Crippen LogP contribution is -2.13. The van der Waals surface area contributed by atoms with Crippen molar-refractivity contribution in [1.82, 2.24) is 0 Å². The molecule has 0 bridgehead atoms. The van der Waals surface area contributed by atoms with Crippen LogP contribution in [0.25, 0.3) is 0 Å². The largest absolute Gasteiger partial charge is 0.298 e. The molecule has 0 aromatic rings. The average molecular weight is 242 g/mol. The van der Waals surface area contributed by atoms with Gasteiger partial charge in [-0.2, -0.15) is 11.8 Å². The van der Waals surface area contributed by atoms with Crippen LogP contribution in [0.15, 0.2) is 0 Å². The Bertz CT molecular complexity index is 185. The highest BCUT2D eigenvalue weighted by Gasteiger charge is 2.22. The first kappa shape index (κ1) is 14.1. The molecule has 1 rings (SSSR count). The highest BCUT2D eigenvalue weighted by molar-refractivity contribution is 8.00. The number of thioether (sulfide) groups is 1. The third-order valence-electron chi connectivity index (χ3n) is 3.32. The second-order valence-electron chi connectivity index (χ2n) is 4.84. The molecular weight excluding hydrogens is 216 g/mol. The maximum absolute atomic E-state index is 11.8. The van der Waals surface area contributed by atoms with Gasteiger partial charge in [-0.1, -0.05) is 45.4 Å². The van der Waals surface area contributed by atoms with Gasteiger partial charge in [0, 0.05) is 6.42 Å². The Balaban J connectivity index is 1.88. The van der Waals surface area contributed by atoms with Gasteiger partial charge in [0.15, 0.2) is 0 Å². The summed E-state index contributed by atoms with van der Waals surface area (Å²) in [6.45, 7) is 2.25. The summed E-state index contributed by atoms with van der Waals surface area (Å²) in [7, 11) is 0. The fourth-order valence-electron chi connectivity index (χ4n) is 2.25. The predicted octanol–water partition coefficient (Wildman–Crippen LogP) is 4.59. The van der Waals surface area contributed by atoms with Gasteiger partial charge in [0.05, 0.1) is 5.25 Å². The zero-order chi connectivity index (χ0) is 11.6. The molecule has 16 heavy (non-hydrogen) atoms. The first-order valence-electron chi connectivity index (χ1n) is 6.99. The van der Waals surface area contributed by atoms with Crippen LogP contribution in [0.4, 0.5) is 0 Å². The summed E-state index contributed by atoms with van der Waals surface area (Å²) in [4.78, 5) is 11.8. The van der Waals surface area contributed by atoms with Crippen LogP contribution >= 0.6 is 11.8 Å². The molecule has 0 spiro atoms. The van der Waals surface area contributed by atoms with Crippen molar-refractivity contribution in [2.24, 2.45) is 0 Å². The van der Waals surface area contributed by atoms with Crippen molar-refractivity contribution in [3.8, 4) is 0 Å². The molecular formula is C14H26OS. The van der Waals surface area contributed by atoms with Crippen molar-refractivity contribution < 1.29 is 4.79 Å². The Morgan fingerprint density at radius 2 is 1.81 bits per heavy atom. The lowest BCUT2D eigenvalue weighted by atomic mass is 10.0. The molecule has 0 saturated carbocycles. The fourth-order valence-corrected chi connectivity index (χ4v) is 3.50. The van der Waals surface area contributed by atoms with Crippen molar-refractivity contribution >= 4 is 17.5 Å². The molecule has 0 aliphatic carbocycles. The van der Waals surface area contributed by atoms with Gasteiger partial charge in [-0.25, -0.2) is 0 Å². The van der Waals surface area contributed by atoms with Crippen LogP contribution in [-0.4, -0.2) is 16.8 Å². The van der Waals surface area contributed by atoms with Crippen LogP contribution in [0.3, 0.4) is 0 Å². The number of ketones is 1. The van der Waals surface area contributed by atoms with Crippen molar-refractivity contribution in [1.29, 1.82) is 0 Å². The number of hydrogen-bond donors (Lipinski definition) is 0. The minimum Gasteiger partial charge on any atom is -0.298 e. The Morgan fingerprint density at radius 3 is 2.44 bits per heavy atom. The smallest absolute Gasteiger partial charge is 0.145 e. The molecule has 1 unspecified atom stereocenters. The van der Waals surface area contributed by atoms with Crippen LogP contribution < -0.4 is 0 Å². The van der Waals surface area contributed by atoms with Crippen LogP contribution in [0.2, 0.25) is 0 Å². The number of carbonyl (C=O) groups is 1. The maximum Gasteiger partial charge on any atom is 0.145 e. The van der Waals surface area contributed by atoms with Crippen molar-refractivity contribution in [2.45, 2.75) is 76.4 Å². The van der Waals surface area contributed by atoms with E-state index in [2.05, 4.69) is 6.92 Å². The minimum atomic E-state index is 0.361. The normalized spacial score (nSPS) is 20.2. The van der Waals surface area contributed by atoms with E-state index in [1.165, 1.54) is 50.7 Å². The number of rotatable bonds is 9. The Morgan fingerprint density at radius 1 is 1.12 bits per heavy atom. The van der Waals surface area contributed by atoms with Crippen LogP contribution in [0.5, 0.6) is 0 Å². The molecule has 0 aromatic carbocycles. The highest BCUT2D eigenvalue weighted by Crippen LogP contribution is 2.28. The predicted molar refractivity (Wildman–Crippen MR) is 73.1 cm³/mol. The number of carbonyl (C=O) groups excluding carboxylic acids is 1. The molecule has 1 saturated heterocycles. The minimum absolute atomic E-state index is 0.361. The van der Waals surface area contributed by atoms with E-state index in [9.17, 15) is 4.79 Å². The Kier molecular flexibility index (Phi) is 8.00. The van der Waals surface area contributed by atoms with Gasteiger partial charge in [-0.3, -0.25) is 4.79 Å². The van der Waals surface area contributed by atoms with Gasteiger partial charge in [-0.05, 0) is 25.0 Å². The number of unbranched alkanes of at least 4 members (excludes halogenated alkanes) is 6. The molecule has 1 nitrogen and oxygen atoms in total. The lowest BCUT2D eigenvalue weighted by molar-refractivity contribution is -0.118. The third kappa shape index (κ3) is 5.93. The number of hydrogen-bond acceptors (Lipinski definition) is 2. The van der Waals surface area contributed by atoms with E-state index in [0.29, 0.717) is 11.0 Å². The Labute approximate surface area is 105 Å². The number of Topliss-reactive ketones (excluding diaryl/α,β-unsaturated/α-hetero) is 1. The molecule has 0 amide bonds. The van der Waals surface area contributed by atoms with Gasteiger partial charge in [-0.15, -0.1) is 0 Å². The summed E-state index contributed by atoms with van der Waals surface area (Å²) in [6.07, 6.45) is 12.4. The van der Waals surface area contributed by atoms with Gasteiger partial charge in [0.1, 0.15) is 5.78 Å². The monoisotopic (exact) mass is 242 g/mol. The van der Waals surface area contributed by atoms with Crippen molar-refractivity contribution in [3.63, 3.8) is 0 Å². The highest BCUT2D eigenvalue weighted by atomic mass is 32.2. The SMILES string of the molecule is CCCCCCCCCC(=O)C1CCCS1. The van der Waals surface area contributed by atoms with Crippen LogP contribution in [0.1, 0.15) is 71.1 Å². The van der Waals surface area contributed by atoms with Crippen LogP contribution in [0, 0.1) is 0 Å². The van der Waals surface area contributed by atoms with E-state index >= 15 is 0 Å². The van der Waals surface area contributed by atoms with Crippen LogP contribution in [-0.2, 0) is 4.79 Å². The summed E-state index contributed by atoms with van der Waals surface area (Å²) < 4.78 is 0. The van der Waals surface area contributed by atoms with E-state index < -0.39 is 0 Å². The first-order chi connectivity index (χ1) is 7.84. The van der Waals surface area contributed by atoms with Crippen molar-refractivity contribution in [3.05, 3.63) is 0 Å². The summed E-state index contributed by atoms with van der Waals surface area (Å²) >= 11 is 1.88. The first-order valence-corrected chi connectivity index (χ1v) is 8.03. The molecule has 0 N–H and O–H groups in total. The van der Waals surface area contributed by atoms with E-state index in [4.69, 9.17) is 0 Å². The zero-order valence-corrected chi connectivity index (χ0v) is 11.5. The maximum atomic E-state index is 11.8. The second-order valence-corrected chi connectivity index (χ2v) is 6.15. The molecule has 1 fully saturated rings. The van der Waals surface area contributed by atoms with Gasteiger partial charge < -0.3 is 0 Å². The van der Waals surface area contributed by atoms with E-state index in [1.807, 2.05) is 11.8 Å².